The van der Waals surface area contributed by atoms with Gasteiger partial charge in [0, 0.05) is 12.6 Å². The lowest BCUT2D eigenvalue weighted by atomic mass is 10.2. The predicted octanol–water partition coefficient (Wildman–Crippen LogP) is 0.258. The Morgan fingerprint density at radius 3 is 2.91 bits per heavy atom. The van der Waals surface area contributed by atoms with Gasteiger partial charge in [0.2, 0.25) is 0 Å². The first kappa shape index (κ1) is 16.6. The topological polar surface area (TPSA) is 109 Å². The minimum absolute atomic E-state index is 0.0119. The monoisotopic (exact) mass is 320 g/mol. The molecule has 0 aromatic heterocycles. The van der Waals surface area contributed by atoms with Crippen LogP contribution in [0.4, 0.5) is 0 Å². The maximum Gasteiger partial charge on any atom is 0.334 e. The third kappa shape index (κ3) is 4.11. The molecule has 1 amide bonds. The van der Waals surface area contributed by atoms with E-state index in [2.05, 4.69) is 0 Å². The van der Waals surface area contributed by atoms with E-state index in [1.54, 1.807) is 12.1 Å². The second-order valence-electron chi connectivity index (χ2n) is 4.80. The van der Waals surface area contributed by atoms with Crippen LogP contribution in [0.1, 0.15) is 5.56 Å². The van der Waals surface area contributed by atoms with Crippen LogP contribution in [-0.2, 0) is 14.3 Å². The number of amides is 1. The first-order valence-corrected chi connectivity index (χ1v) is 6.88. The lowest BCUT2D eigenvalue weighted by Crippen LogP contribution is -2.49. The number of aliphatic carboxylic acids is 1. The molecule has 1 aliphatic heterocycles. The molecular formula is C15H16N2O6. The van der Waals surface area contributed by atoms with Crippen LogP contribution < -0.4 is 9.47 Å². The fourth-order valence-corrected chi connectivity index (χ4v) is 2.11. The molecule has 8 heteroatoms. The number of carboxylic acid groups (broad SMARTS) is 1. The van der Waals surface area contributed by atoms with Crippen LogP contribution in [0.15, 0.2) is 18.2 Å². The molecule has 1 aromatic carbocycles. The third-order valence-electron chi connectivity index (χ3n) is 3.34. The van der Waals surface area contributed by atoms with Crippen LogP contribution in [0, 0.1) is 11.3 Å². The Morgan fingerprint density at radius 1 is 1.48 bits per heavy atom. The van der Waals surface area contributed by atoms with E-state index in [-0.39, 0.29) is 25.7 Å². The van der Waals surface area contributed by atoms with E-state index in [1.165, 1.54) is 18.1 Å². The van der Waals surface area contributed by atoms with Crippen molar-refractivity contribution >= 4 is 11.9 Å². The summed E-state index contributed by atoms with van der Waals surface area (Å²) in [6.45, 7) is 0.218. The minimum Gasteiger partial charge on any atom is -0.493 e. The summed E-state index contributed by atoms with van der Waals surface area (Å²) in [6, 6.07) is 6.59. The normalized spacial score (nSPS) is 17.2. The number of carbonyl (C=O) groups excluding carboxylic acids is 1. The summed E-state index contributed by atoms with van der Waals surface area (Å²) in [5.74, 6) is -0.756. The molecule has 0 bridgehead atoms. The van der Waals surface area contributed by atoms with Gasteiger partial charge < -0.3 is 24.2 Å². The van der Waals surface area contributed by atoms with Crippen molar-refractivity contribution in [3.63, 3.8) is 0 Å². The molecule has 1 aliphatic rings. The molecule has 0 saturated carbocycles. The summed E-state index contributed by atoms with van der Waals surface area (Å²) in [5.41, 5.74) is 0.415. The lowest BCUT2D eigenvalue weighted by molar-refractivity contribution is -0.159. The SMILES string of the molecule is COc1cc(C#N)ccc1OCC(=O)N1CCO[C@H](C(=O)O)C1. The van der Waals surface area contributed by atoms with Crippen molar-refractivity contribution in [1.82, 2.24) is 4.90 Å². The van der Waals surface area contributed by atoms with E-state index in [9.17, 15) is 9.59 Å². The van der Waals surface area contributed by atoms with E-state index in [0.717, 1.165) is 0 Å². The van der Waals surface area contributed by atoms with Crippen LogP contribution in [0.5, 0.6) is 11.5 Å². The second kappa shape index (κ2) is 7.47. The summed E-state index contributed by atoms with van der Waals surface area (Å²) in [4.78, 5) is 24.4. The summed E-state index contributed by atoms with van der Waals surface area (Å²) < 4.78 is 15.6. The van der Waals surface area contributed by atoms with E-state index in [4.69, 9.17) is 24.6 Å². The van der Waals surface area contributed by atoms with Crippen LogP contribution in [0.2, 0.25) is 0 Å². The van der Waals surface area contributed by atoms with Gasteiger partial charge >= 0.3 is 5.97 Å². The Bertz CT molecular complexity index is 639. The van der Waals surface area contributed by atoms with E-state index in [0.29, 0.717) is 23.6 Å². The maximum atomic E-state index is 12.1. The highest BCUT2D eigenvalue weighted by Gasteiger charge is 2.29. The number of hydrogen-bond acceptors (Lipinski definition) is 6. The van der Waals surface area contributed by atoms with Crippen molar-refractivity contribution in [3.8, 4) is 17.6 Å². The molecule has 1 saturated heterocycles. The number of ether oxygens (including phenoxy) is 3. The lowest BCUT2D eigenvalue weighted by Gasteiger charge is -2.30. The Labute approximate surface area is 132 Å². The molecule has 0 unspecified atom stereocenters. The molecule has 122 valence electrons. The average molecular weight is 320 g/mol. The average Bonchev–Trinajstić information content (AvgIpc) is 2.59. The summed E-state index contributed by atoms with van der Waals surface area (Å²) >= 11 is 0. The summed E-state index contributed by atoms with van der Waals surface area (Å²) in [6.07, 6.45) is -1.02. The third-order valence-corrected chi connectivity index (χ3v) is 3.34. The van der Waals surface area contributed by atoms with E-state index >= 15 is 0 Å². The van der Waals surface area contributed by atoms with Crippen LogP contribution in [0.25, 0.3) is 0 Å². The summed E-state index contributed by atoms with van der Waals surface area (Å²) in [5, 5.41) is 17.8. The zero-order chi connectivity index (χ0) is 16.8. The number of nitrogens with zero attached hydrogens (tertiary/aromatic N) is 2. The van der Waals surface area contributed by atoms with Gasteiger partial charge in [-0.05, 0) is 12.1 Å². The Hall–Kier alpha value is -2.79. The Kier molecular flexibility index (Phi) is 5.38. The smallest absolute Gasteiger partial charge is 0.334 e. The van der Waals surface area contributed by atoms with Crippen molar-refractivity contribution in [1.29, 1.82) is 5.26 Å². The predicted molar refractivity (Wildman–Crippen MR) is 77.2 cm³/mol. The fourth-order valence-electron chi connectivity index (χ4n) is 2.11. The quantitative estimate of drug-likeness (QED) is 0.828. The zero-order valence-electron chi connectivity index (χ0n) is 12.5. The number of carboxylic acids is 1. The van der Waals surface area contributed by atoms with Crippen LogP contribution in [-0.4, -0.2) is 61.4 Å². The zero-order valence-corrected chi connectivity index (χ0v) is 12.5. The molecule has 1 aromatic rings. The highest BCUT2D eigenvalue weighted by Crippen LogP contribution is 2.27. The van der Waals surface area contributed by atoms with Gasteiger partial charge in [-0.1, -0.05) is 0 Å². The first-order valence-electron chi connectivity index (χ1n) is 6.88. The molecular weight excluding hydrogens is 304 g/mol. The molecule has 2 rings (SSSR count). The molecule has 1 fully saturated rings. The van der Waals surface area contributed by atoms with Gasteiger partial charge in [0.25, 0.3) is 5.91 Å². The number of carbonyl (C=O) groups is 2. The number of nitriles is 1. The maximum absolute atomic E-state index is 12.1. The highest BCUT2D eigenvalue weighted by molar-refractivity contribution is 5.80. The molecule has 1 N–H and O–H groups in total. The second-order valence-corrected chi connectivity index (χ2v) is 4.80. The molecule has 8 nitrogen and oxygen atoms in total. The van der Waals surface area contributed by atoms with Crippen molar-refractivity contribution < 1.29 is 28.9 Å². The molecule has 0 aliphatic carbocycles. The standard InChI is InChI=1S/C15H16N2O6/c1-21-12-6-10(7-16)2-3-11(12)23-9-14(18)17-4-5-22-13(8-17)15(19)20/h2-3,6,13H,4-5,8-9H2,1H3,(H,19,20)/t13-/m0/s1. The van der Waals surface area contributed by atoms with Gasteiger partial charge in [0.1, 0.15) is 0 Å². The van der Waals surface area contributed by atoms with Gasteiger partial charge in [-0.25, -0.2) is 4.79 Å². The Morgan fingerprint density at radius 2 is 2.26 bits per heavy atom. The highest BCUT2D eigenvalue weighted by atomic mass is 16.5. The van der Waals surface area contributed by atoms with Crippen molar-refractivity contribution in [2.24, 2.45) is 0 Å². The van der Waals surface area contributed by atoms with Crippen molar-refractivity contribution in [3.05, 3.63) is 23.8 Å². The number of morpholine rings is 1. The van der Waals surface area contributed by atoms with Crippen LogP contribution in [0.3, 0.4) is 0 Å². The summed E-state index contributed by atoms with van der Waals surface area (Å²) in [7, 11) is 1.44. The Balaban J connectivity index is 1.96. The van der Waals surface area contributed by atoms with Crippen LogP contribution >= 0.6 is 0 Å². The largest absolute Gasteiger partial charge is 0.493 e. The number of benzene rings is 1. The molecule has 0 radical (unpaired) electrons. The molecule has 1 atom stereocenters. The van der Waals surface area contributed by atoms with Crippen molar-refractivity contribution in [2.45, 2.75) is 6.10 Å². The van der Waals surface area contributed by atoms with Gasteiger partial charge in [0.15, 0.2) is 24.2 Å². The van der Waals surface area contributed by atoms with E-state index in [1.807, 2.05) is 6.07 Å². The van der Waals surface area contributed by atoms with Gasteiger partial charge in [-0.3, -0.25) is 4.79 Å². The minimum atomic E-state index is -1.10. The van der Waals surface area contributed by atoms with Crippen molar-refractivity contribution in [2.75, 3.05) is 33.4 Å². The molecule has 23 heavy (non-hydrogen) atoms. The molecule has 0 spiro atoms. The van der Waals surface area contributed by atoms with Gasteiger partial charge in [-0.2, -0.15) is 5.26 Å². The number of methoxy groups -OCH3 is 1. The van der Waals surface area contributed by atoms with Gasteiger partial charge in [0.05, 0.1) is 31.9 Å². The fraction of sp³-hybridized carbons (Fsp3) is 0.400. The number of hydrogen-bond donors (Lipinski definition) is 1. The number of rotatable bonds is 5. The van der Waals surface area contributed by atoms with Gasteiger partial charge in [-0.15, -0.1) is 0 Å². The molecule has 1 heterocycles. The van der Waals surface area contributed by atoms with E-state index < -0.39 is 12.1 Å². The first-order chi connectivity index (χ1) is 11.0.